The molecule has 0 spiro atoms. The van der Waals surface area contributed by atoms with Crippen molar-refractivity contribution >= 4 is 0 Å². The molecule has 0 saturated carbocycles. The van der Waals surface area contributed by atoms with Crippen LogP contribution in [0.1, 0.15) is 25.7 Å². The standard InChI is InChI=1S/C6H7F5N4/c1-3(2)15-4(12-13-14-15)5(7,8)6(9,10)11/h3H,1-2H3. The van der Waals surface area contributed by atoms with Crippen molar-refractivity contribution in [2.45, 2.75) is 32.0 Å². The summed E-state index contributed by atoms with van der Waals surface area (Å²) < 4.78 is 62.0. The largest absolute Gasteiger partial charge is 0.461 e. The summed E-state index contributed by atoms with van der Waals surface area (Å²) in [4.78, 5) is 0. The highest BCUT2D eigenvalue weighted by molar-refractivity contribution is 4.98. The van der Waals surface area contributed by atoms with Gasteiger partial charge in [-0.2, -0.15) is 22.0 Å². The van der Waals surface area contributed by atoms with Crippen LogP contribution in [0.4, 0.5) is 22.0 Å². The molecule has 0 aliphatic heterocycles. The van der Waals surface area contributed by atoms with Gasteiger partial charge in [0.25, 0.3) is 0 Å². The third kappa shape index (κ3) is 1.90. The van der Waals surface area contributed by atoms with Crippen molar-refractivity contribution < 1.29 is 22.0 Å². The van der Waals surface area contributed by atoms with Gasteiger partial charge >= 0.3 is 12.1 Å². The summed E-state index contributed by atoms with van der Waals surface area (Å²) in [6.45, 7) is 2.79. The average Bonchev–Trinajstić information content (AvgIpc) is 2.48. The molecule has 0 aromatic carbocycles. The lowest BCUT2D eigenvalue weighted by Gasteiger charge is -2.19. The van der Waals surface area contributed by atoms with Crippen molar-refractivity contribution in [2.75, 3.05) is 0 Å². The number of alkyl halides is 5. The van der Waals surface area contributed by atoms with Crippen molar-refractivity contribution in [3.8, 4) is 0 Å². The van der Waals surface area contributed by atoms with E-state index in [2.05, 4.69) is 15.5 Å². The van der Waals surface area contributed by atoms with Crippen LogP contribution in [0.5, 0.6) is 0 Å². The first-order valence-corrected chi connectivity index (χ1v) is 3.91. The lowest BCUT2D eigenvalue weighted by atomic mass is 10.3. The second kappa shape index (κ2) is 3.38. The second-order valence-electron chi connectivity index (χ2n) is 3.11. The zero-order valence-electron chi connectivity index (χ0n) is 7.76. The van der Waals surface area contributed by atoms with E-state index in [1.165, 1.54) is 13.8 Å². The molecule has 0 bridgehead atoms. The molecule has 0 N–H and O–H groups in total. The number of hydrogen-bond donors (Lipinski definition) is 0. The monoisotopic (exact) mass is 230 g/mol. The van der Waals surface area contributed by atoms with Gasteiger partial charge in [-0.15, -0.1) is 5.10 Å². The molecule has 9 heteroatoms. The average molecular weight is 230 g/mol. The predicted molar refractivity (Wildman–Crippen MR) is 38.2 cm³/mol. The first kappa shape index (κ1) is 11.8. The third-order valence-corrected chi connectivity index (χ3v) is 1.62. The third-order valence-electron chi connectivity index (χ3n) is 1.62. The van der Waals surface area contributed by atoms with Gasteiger partial charge in [0.05, 0.1) is 6.04 Å². The zero-order valence-corrected chi connectivity index (χ0v) is 7.76. The lowest BCUT2D eigenvalue weighted by molar-refractivity contribution is -0.294. The van der Waals surface area contributed by atoms with Crippen molar-refractivity contribution in [3.63, 3.8) is 0 Å². The van der Waals surface area contributed by atoms with Crippen LogP contribution in [0.25, 0.3) is 0 Å². The molecule has 0 fully saturated rings. The fraction of sp³-hybridized carbons (Fsp3) is 0.833. The molecule has 1 heterocycles. The fourth-order valence-corrected chi connectivity index (χ4v) is 0.875. The molecule has 0 amide bonds. The Morgan fingerprint density at radius 1 is 1.13 bits per heavy atom. The normalized spacial score (nSPS) is 13.6. The molecule has 86 valence electrons. The van der Waals surface area contributed by atoms with Crippen LogP contribution in [-0.4, -0.2) is 26.4 Å². The van der Waals surface area contributed by atoms with E-state index in [-0.39, 0.29) is 0 Å². The first-order valence-electron chi connectivity index (χ1n) is 3.91. The highest BCUT2D eigenvalue weighted by atomic mass is 19.4. The summed E-state index contributed by atoms with van der Waals surface area (Å²) in [5, 5.41) is 8.58. The second-order valence-corrected chi connectivity index (χ2v) is 3.11. The Labute approximate surface area is 81.1 Å². The van der Waals surface area contributed by atoms with Crippen LogP contribution in [0, 0.1) is 0 Å². The van der Waals surface area contributed by atoms with E-state index >= 15 is 0 Å². The van der Waals surface area contributed by atoms with Crippen LogP contribution >= 0.6 is 0 Å². The highest BCUT2D eigenvalue weighted by Gasteiger charge is 2.62. The first-order chi connectivity index (χ1) is 6.68. The zero-order chi connectivity index (χ0) is 11.9. The summed E-state index contributed by atoms with van der Waals surface area (Å²) >= 11 is 0. The highest BCUT2D eigenvalue weighted by Crippen LogP contribution is 2.42. The summed E-state index contributed by atoms with van der Waals surface area (Å²) in [6.07, 6.45) is -5.70. The van der Waals surface area contributed by atoms with Crippen molar-refractivity contribution in [3.05, 3.63) is 5.82 Å². The smallest absolute Gasteiger partial charge is 0.221 e. The Bertz CT molecular complexity index is 342. The van der Waals surface area contributed by atoms with E-state index in [0.29, 0.717) is 4.68 Å². The molecule has 0 unspecified atom stereocenters. The van der Waals surface area contributed by atoms with Crippen molar-refractivity contribution in [1.29, 1.82) is 0 Å². The minimum Gasteiger partial charge on any atom is -0.221 e. The van der Waals surface area contributed by atoms with Gasteiger partial charge in [-0.3, -0.25) is 0 Å². The number of nitrogens with zero attached hydrogens (tertiary/aromatic N) is 4. The van der Waals surface area contributed by atoms with Gasteiger partial charge in [-0.25, -0.2) is 4.68 Å². The maximum absolute atomic E-state index is 12.8. The van der Waals surface area contributed by atoms with E-state index in [1.54, 1.807) is 0 Å². The van der Waals surface area contributed by atoms with E-state index in [4.69, 9.17) is 0 Å². The molecule has 1 aromatic heterocycles. The molecule has 0 atom stereocenters. The Morgan fingerprint density at radius 3 is 2.07 bits per heavy atom. The molecular weight excluding hydrogens is 223 g/mol. The number of hydrogen-bond acceptors (Lipinski definition) is 3. The fourth-order valence-electron chi connectivity index (χ4n) is 0.875. The topological polar surface area (TPSA) is 43.6 Å². The SMILES string of the molecule is CC(C)n1nnnc1C(F)(F)C(F)(F)F. The van der Waals surface area contributed by atoms with E-state index in [0.717, 1.165) is 0 Å². The van der Waals surface area contributed by atoms with Crippen LogP contribution in [0.15, 0.2) is 0 Å². The van der Waals surface area contributed by atoms with Gasteiger partial charge in [-0.05, 0) is 24.3 Å². The van der Waals surface area contributed by atoms with Gasteiger partial charge in [-0.1, -0.05) is 0 Å². The maximum atomic E-state index is 12.8. The summed E-state index contributed by atoms with van der Waals surface area (Å²) in [5.41, 5.74) is 0. The van der Waals surface area contributed by atoms with Gasteiger partial charge < -0.3 is 0 Å². The molecule has 1 aromatic rings. The molecule has 4 nitrogen and oxygen atoms in total. The number of rotatable bonds is 2. The Morgan fingerprint density at radius 2 is 1.67 bits per heavy atom. The molecule has 0 saturated heterocycles. The van der Waals surface area contributed by atoms with Crippen LogP contribution in [0.3, 0.4) is 0 Å². The van der Waals surface area contributed by atoms with Crippen molar-refractivity contribution in [2.24, 2.45) is 0 Å². The molecular formula is C6H7F5N4. The molecule has 0 aliphatic carbocycles. The molecule has 0 radical (unpaired) electrons. The molecule has 0 aliphatic rings. The minimum absolute atomic E-state index is 0.438. The minimum atomic E-state index is -5.70. The van der Waals surface area contributed by atoms with Gasteiger partial charge in [0.2, 0.25) is 5.82 Å². The summed E-state index contributed by atoms with van der Waals surface area (Å²) in [5.74, 6) is -6.54. The summed E-state index contributed by atoms with van der Waals surface area (Å²) in [7, 11) is 0. The molecule has 15 heavy (non-hydrogen) atoms. The quantitative estimate of drug-likeness (QED) is 0.729. The van der Waals surface area contributed by atoms with Crippen molar-refractivity contribution in [1.82, 2.24) is 20.2 Å². The van der Waals surface area contributed by atoms with E-state index in [9.17, 15) is 22.0 Å². The van der Waals surface area contributed by atoms with Crippen LogP contribution in [-0.2, 0) is 5.92 Å². The Balaban J connectivity index is 3.21. The number of aromatic nitrogens is 4. The van der Waals surface area contributed by atoms with E-state index < -0.39 is 24.0 Å². The van der Waals surface area contributed by atoms with Gasteiger partial charge in [0.15, 0.2) is 0 Å². The van der Waals surface area contributed by atoms with Gasteiger partial charge in [0.1, 0.15) is 0 Å². The van der Waals surface area contributed by atoms with Crippen LogP contribution < -0.4 is 0 Å². The predicted octanol–water partition coefficient (Wildman–Crippen LogP) is 1.91. The van der Waals surface area contributed by atoms with Crippen LogP contribution in [0.2, 0.25) is 0 Å². The van der Waals surface area contributed by atoms with E-state index in [1.807, 2.05) is 0 Å². The number of halogens is 5. The Kier molecular flexibility index (Phi) is 2.66. The lowest BCUT2D eigenvalue weighted by Crippen LogP contribution is -2.37. The maximum Gasteiger partial charge on any atom is 0.461 e. The number of tetrazole rings is 1. The molecule has 1 rings (SSSR count). The summed E-state index contributed by atoms with van der Waals surface area (Å²) in [6, 6.07) is -0.678. The van der Waals surface area contributed by atoms with Gasteiger partial charge in [0, 0.05) is 0 Å². The Hall–Kier alpha value is -1.28.